The van der Waals surface area contributed by atoms with Crippen LogP contribution in [0.4, 0.5) is 4.79 Å². The van der Waals surface area contributed by atoms with Crippen LogP contribution in [0.5, 0.6) is 11.5 Å². The Morgan fingerprint density at radius 2 is 1.82 bits per heavy atom. The number of nitrogens with zero attached hydrogens (tertiary/aromatic N) is 2. The van der Waals surface area contributed by atoms with Crippen molar-refractivity contribution in [2.75, 3.05) is 7.11 Å². The summed E-state index contributed by atoms with van der Waals surface area (Å²) in [5.41, 5.74) is -0.129. The first-order valence-electron chi connectivity index (χ1n) is 6.40. The third-order valence-electron chi connectivity index (χ3n) is 2.32. The van der Waals surface area contributed by atoms with Gasteiger partial charge in [0.25, 0.3) is 0 Å². The summed E-state index contributed by atoms with van der Waals surface area (Å²) in [4.78, 5) is 11.7. The van der Waals surface area contributed by atoms with Crippen LogP contribution in [0.25, 0.3) is 6.08 Å². The number of hydrogen-bond donors (Lipinski definition) is 0. The van der Waals surface area contributed by atoms with E-state index in [9.17, 15) is 4.79 Å². The highest BCUT2D eigenvalue weighted by Gasteiger charge is 2.19. The van der Waals surface area contributed by atoms with Crippen molar-refractivity contribution in [2.45, 2.75) is 26.4 Å². The van der Waals surface area contributed by atoms with Crippen molar-refractivity contribution < 1.29 is 19.0 Å². The molecule has 0 fully saturated rings. The van der Waals surface area contributed by atoms with E-state index >= 15 is 0 Å². The second kappa shape index (κ2) is 7.14. The van der Waals surface area contributed by atoms with Gasteiger partial charge in [0, 0.05) is 0 Å². The van der Waals surface area contributed by atoms with E-state index in [0.29, 0.717) is 5.56 Å². The first kappa shape index (κ1) is 17.1. The SMILES string of the molecule is COc1cc(C=C(C#N)C#N)ccc1OC(=O)OC(C)(C)C. The minimum Gasteiger partial charge on any atom is -0.493 e. The van der Waals surface area contributed by atoms with E-state index in [4.69, 9.17) is 24.7 Å². The predicted octanol–water partition coefficient (Wildman–Crippen LogP) is 3.44. The van der Waals surface area contributed by atoms with Gasteiger partial charge in [0.05, 0.1) is 7.11 Å². The molecule has 0 saturated carbocycles. The first-order chi connectivity index (χ1) is 10.3. The maximum absolute atomic E-state index is 11.7. The van der Waals surface area contributed by atoms with Crippen molar-refractivity contribution in [3.8, 4) is 23.6 Å². The van der Waals surface area contributed by atoms with Crippen molar-refractivity contribution in [3.63, 3.8) is 0 Å². The third-order valence-corrected chi connectivity index (χ3v) is 2.32. The number of ether oxygens (including phenoxy) is 3. The summed E-state index contributed by atoms with van der Waals surface area (Å²) in [6.45, 7) is 5.18. The number of carbonyl (C=O) groups is 1. The molecule has 0 radical (unpaired) electrons. The molecule has 0 unspecified atom stereocenters. The molecule has 0 aliphatic carbocycles. The zero-order chi connectivity index (χ0) is 16.8. The normalized spacial score (nSPS) is 9.91. The molecular formula is C16H16N2O4. The molecule has 1 rings (SSSR count). The number of rotatable bonds is 3. The summed E-state index contributed by atoms with van der Waals surface area (Å²) in [5.74, 6) is 0.471. The molecule has 1 aromatic carbocycles. The monoisotopic (exact) mass is 300 g/mol. The Hall–Kier alpha value is -2.99. The molecule has 0 aliphatic rings. The van der Waals surface area contributed by atoms with Crippen LogP contribution in [0.1, 0.15) is 26.3 Å². The number of carbonyl (C=O) groups excluding carboxylic acids is 1. The van der Waals surface area contributed by atoms with Gasteiger partial charge in [-0.25, -0.2) is 4.79 Å². The van der Waals surface area contributed by atoms with E-state index in [1.165, 1.54) is 19.3 Å². The molecule has 0 aromatic heterocycles. The molecular weight excluding hydrogens is 284 g/mol. The van der Waals surface area contributed by atoms with Crippen LogP contribution < -0.4 is 9.47 Å². The number of benzene rings is 1. The Labute approximate surface area is 129 Å². The number of allylic oxidation sites excluding steroid dienone is 1. The lowest BCUT2D eigenvalue weighted by Gasteiger charge is -2.19. The van der Waals surface area contributed by atoms with Gasteiger partial charge in [-0.1, -0.05) is 6.07 Å². The van der Waals surface area contributed by atoms with Gasteiger partial charge in [-0.3, -0.25) is 0 Å². The third kappa shape index (κ3) is 5.18. The van der Waals surface area contributed by atoms with E-state index in [1.807, 2.05) is 0 Å². The minimum absolute atomic E-state index is 0.0390. The first-order valence-corrected chi connectivity index (χ1v) is 6.40. The van der Waals surface area contributed by atoms with Crippen LogP contribution >= 0.6 is 0 Å². The molecule has 114 valence electrons. The van der Waals surface area contributed by atoms with E-state index in [-0.39, 0.29) is 17.1 Å². The van der Waals surface area contributed by atoms with Gasteiger partial charge in [-0.15, -0.1) is 0 Å². The summed E-state index contributed by atoms with van der Waals surface area (Å²) in [6.07, 6.45) is 0.559. The Bertz CT molecular complexity index is 657. The second-order valence-electron chi connectivity index (χ2n) is 5.26. The average molecular weight is 300 g/mol. The molecule has 0 bridgehead atoms. The largest absolute Gasteiger partial charge is 0.514 e. The van der Waals surface area contributed by atoms with Gasteiger partial charge >= 0.3 is 6.16 Å². The Morgan fingerprint density at radius 1 is 1.18 bits per heavy atom. The molecule has 6 heteroatoms. The molecule has 0 spiro atoms. The van der Waals surface area contributed by atoms with Crippen LogP contribution in [0.2, 0.25) is 0 Å². The number of methoxy groups -OCH3 is 1. The van der Waals surface area contributed by atoms with Gasteiger partial charge in [0.2, 0.25) is 0 Å². The molecule has 6 nitrogen and oxygen atoms in total. The van der Waals surface area contributed by atoms with E-state index in [0.717, 1.165) is 0 Å². The highest BCUT2D eigenvalue weighted by atomic mass is 16.7. The van der Waals surface area contributed by atoms with E-state index in [1.54, 1.807) is 45.0 Å². The molecule has 1 aromatic rings. The van der Waals surface area contributed by atoms with Crippen LogP contribution in [0, 0.1) is 22.7 Å². The lowest BCUT2D eigenvalue weighted by atomic mass is 10.1. The molecule has 0 amide bonds. The average Bonchev–Trinajstić information content (AvgIpc) is 2.43. The molecule has 22 heavy (non-hydrogen) atoms. The minimum atomic E-state index is -0.844. The Balaban J connectivity index is 3.01. The Kier molecular flexibility index (Phi) is 5.54. The maximum atomic E-state index is 11.7. The zero-order valence-electron chi connectivity index (χ0n) is 12.8. The van der Waals surface area contributed by atoms with Gasteiger partial charge in [0.15, 0.2) is 11.5 Å². The fraction of sp³-hybridized carbons (Fsp3) is 0.312. The van der Waals surface area contributed by atoms with Crippen molar-refractivity contribution >= 4 is 12.2 Å². The zero-order valence-corrected chi connectivity index (χ0v) is 12.8. The van der Waals surface area contributed by atoms with Gasteiger partial charge in [-0.2, -0.15) is 10.5 Å². The molecule has 0 saturated heterocycles. The van der Waals surface area contributed by atoms with Crippen molar-refractivity contribution in [2.24, 2.45) is 0 Å². The van der Waals surface area contributed by atoms with Crippen LogP contribution in [0.3, 0.4) is 0 Å². The van der Waals surface area contributed by atoms with Gasteiger partial charge in [-0.05, 0) is 44.5 Å². The van der Waals surface area contributed by atoms with E-state index in [2.05, 4.69) is 0 Å². The molecule has 0 atom stereocenters. The fourth-order valence-corrected chi connectivity index (χ4v) is 1.48. The summed E-state index contributed by atoms with van der Waals surface area (Å²) < 4.78 is 15.3. The maximum Gasteiger partial charge on any atom is 0.514 e. The smallest absolute Gasteiger partial charge is 0.493 e. The lowest BCUT2D eigenvalue weighted by molar-refractivity contribution is 0.0201. The molecule has 0 aliphatic heterocycles. The van der Waals surface area contributed by atoms with E-state index < -0.39 is 11.8 Å². The van der Waals surface area contributed by atoms with Crippen molar-refractivity contribution in [1.82, 2.24) is 0 Å². The van der Waals surface area contributed by atoms with Crippen molar-refractivity contribution in [1.29, 1.82) is 10.5 Å². The number of nitriles is 2. The predicted molar refractivity (Wildman–Crippen MR) is 79.1 cm³/mol. The second-order valence-corrected chi connectivity index (χ2v) is 5.26. The van der Waals surface area contributed by atoms with Crippen LogP contribution in [-0.4, -0.2) is 18.9 Å². The summed E-state index contributed by atoms with van der Waals surface area (Å²) in [6, 6.07) is 8.17. The topological polar surface area (TPSA) is 92.3 Å². The number of hydrogen-bond acceptors (Lipinski definition) is 6. The lowest BCUT2D eigenvalue weighted by Crippen LogP contribution is -2.26. The fourth-order valence-electron chi connectivity index (χ4n) is 1.48. The van der Waals surface area contributed by atoms with Crippen LogP contribution in [-0.2, 0) is 4.74 Å². The summed E-state index contributed by atoms with van der Waals surface area (Å²) in [7, 11) is 1.42. The summed E-state index contributed by atoms with van der Waals surface area (Å²) in [5, 5.41) is 17.5. The van der Waals surface area contributed by atoms with Gasteiger partial charge in [0.1, 0.15) is 23.3 Å². The van der Waals surface area contributed by atoms with Crippen molar-refractivity contribution in [3.05, 3.63) is 29.3 Å². The van der Waals surface area contributed by atoms with Crippen LogP contribution in [0.15, 0.2) is 23.8 Å². The standard InChI is InChI=1S/C16H16N2O4/c1-16(2,3)22-15(19)21-13-6-5-11(8-14(13)20-4)7-12(9-17)10-18/h5-8H,1-4H3. The van der Waals surface area contributed by atoms with Gasteiger partial charge < -0.3 is 14.2 Å². The molecule has 0 heterocycles. The summed E-state index contributed by atoms with van der Waals surface area (Å²) >= 11 is 0. The molecule has 0 N–H and O–H groups in total. The highest BCUT2D eigenvalue weighted by molar-refractivity contribution is 5.68. The highest BCUT2D eigenvalue weighted by Crippen LogP contribution is 2.29. The quantitative estimate of drug-likeness (QED) is 0.482. The Morgan fingerprint density at radius 3 is 2.32 bits per heavy atom.